The average molecular weight is 587 g/mol. The van der Waals surface area contributed by atoms with E-state index in [0.29, 0.717) is 46.2 Å². The molecule has 1 N–H and O–H groups in total. The minimum atomic E-state index is -0.0555. The topological polar surface area (TPSA) is 79.9 Å². The van der Waals surface area contributed by atoms with Crippen LogP contribution >= 0.6 is 0 Å². The van der Waals surface area contributed by atoms with Gasteiger partial charge in [0, 0.05) is 53.0 Å². The van der Waals surface area contributed by atoms with Crippen molar-refractivity contribution in [3.8, 4) is 5.75 Å². The molecule has 0 spiro atoms. The highest BCUT2D eigenvalue weighted by Gasteiger charge is 2.36. The summed E-state index contributed by atoms with van der Waals surface area (Å²) >= 11 is 0. The normalized spacial score (nSPS) is 21.1. The number of piperidine rings is 1. The van der Waals surface area contributed by atoms with E-state index in [1.165, 1.54) is 5.56 Å². The van der Waals surface area contributed by atoms with Gasteiger partial charge in [-0.2, -0.15) is 0 Å². The van der Waals surface area contributed by atoms with E-state index in [4.69, 9.17) is 33.2 Å². The number of fused-ring (bicyclic) bond motifs is 1. The molecule has 0 bridgehead atoms. The molecule has 0 amide bonds. The van der Waals surface area contributed by atoms with Crippen LogP contribution < -0.4 is 15.0 Å². The summed E-state index contributed by atoms with van der Waals surface area (Å²) in [5.74, 6) is 1.01. The van der Waals surface area contributed by atoms with Gasteiger partial charge in [0.25, 0.3) is 0 Å². The number of benzene rings is 2. The summed E-state index contributed by atoms with van der Waals surface area (Å²) in [4.78, 5) is 2.39. The van der Waals surface area contributed by atoms with Crippen molar-refractivity contribution in [2.75, 3.05) is 84.9 Å². The molecule has 4 rings (SSSR count). The van der Waals surface area contributed by atoms with Gasteiger partial charge in [0.05, 0.1) is 63.6 Å². The van der Waals surface area contributed by atoms with Gasteiger partial charge < -0.3 is 43.4 Å². The molecular formula is C33H50N2O7. The Morgan fingerprint density at radius 2 is 1.69 bits per heavy atom. The smallest absolute Gasteiger partial charge is 0.142 e. The van der Waals surface area contributed by atoms with Crippen LogP contribution in [0.2, 0.25) is 0 Å². The average Bonchev–Trinajstić information content (AvgIpc) is 3.02. The van der Waals surface area contributed by atoms with Crippen molar-refractivity contribution in [3.63, 3.8) is 0 Å². The van der Waals surface area contributed by atoms with Gasteiger partial charge in [0.15, 0.2) is 0 Å². The maximum Gasteiger partial charge on any atom is 0.142 e. The van der Waals surface area contributed by atoms with Crippen LogP contribution in [-0.4, -0.2) is 98.4 Å². The van der Waals surface area contributed by atoms with E-state index in [1.54, 1.807) is 14.2 Å². The van der Waals surface area contributed by atoms with Gasteiger partial charge in [0.1, 0.15) is 12.4 Å². The summed E-state index contributed by atoms with van der Waals surface area (Å²) in [6.07, 6.45) is 0.921. The number of rotatable bonds is 18. The van der Waals surface area contributed by atoms with Gasteiger partial charge in [-0.25, -0.2) is 0 Å². The largest absolute Gasteiger partial charge is 0.490 e. The molecule has 9 nitrogen and oxygen atoms in total. The zero-order valence-electron chi connectivity index (χ0n) is 25.8. The van der Waals surface area contributed by atoms with Crippen LogP contribution in [-0.2, 0) is 41.6 Å². The summed E-state index contributed by atoms with van der Waals surface area (Å²) in [5.41, 5.74) is 4.60. The molecule has 2 aromatic carbocycles. The third kappa shape index (κ3) is 9.64. The number of nitrogens with zero attached hydrogens (tertiary/aromatic N) is 1. The molecule has 2 aliphatic rings. The summed E-state index contributed by atoms with van der Waals surface area (Å²) < 4.78 is 40.9. The van der Waals surface area contributed by atoms with E-state index in [2.05, 4.69) is 59.6 Å². The molecule has 2 aromatic rings. The molecule has 4 atom stereocenters. The lowest BCUT2D eigenvalue weighted by atomic mass is 9.85. The van der Waals surface area contributed by atoms with E-state index in [9.17, 15) is 0 Å². The SMILES string of the molecule is CCO[C@H](C)CO[C@@H]1CNC[C@H](OCc2ccc3c(c2)N(CCCOC)CCO3)[C@H]1c1ccc(COCCOC)cc1. The molecule has 234 valence electrons. The van der Waals surface area contributed by atoms with Crippen molar-refractivity contribution in [1.29, 1.82) is 0 Å². The highest BCUT2D eigenvalue weighted by molar-refractivity contribution is 5.61. The van der Waals surface area contributed by atoms with Crippen LogP contribution in [0.3, 0.4) is 0 Å². The van der Waals surface area contributed by atoms with Gasteiger partial charge in [-0.3, -0.25) is 0 Å². The van der Waals surface area contributed by atoms with Crippen molar-refractivity contribution in [2.24, 2.45) is 0 Å². The van der Waals surface area contributed by atoms with Crippen LogP contribution in [0.1, 0.15) is 42.9 Å². The Labute approximate surface area is 251 Å². The zero-order valence-corrected chi connectivity index (χ0v) is 25.8. The third-order valence-corrected chi connectivity index (χ3v) is 7.78. The second-order valence-corrected chi connectivity index (χ2v) is 10.9. The molecule has 2 heterocycles. The van der Waals surface area contributed by atoms with E-state index < -0.39 is 0 Å². The number of hydrogen-bond acceptors (Lipinski definition) is 9. The number of methoxy groups -OCH3 is 2. The first-order valence-corrected chi connectivity index (χ1v) is 15.3. The van der Waals surface area contributed by atoms with Crippen molar-refractivity contribution < 1.29 is 33.2 Å². The van der Waals surface area contributed by atoms with Crippen LogP contribution in [0.5, 0.6) is 5.75 Å². The predicted molar refractivity (Wildman–Crippen MR) is 164 cm³/mol. The van der Waals surface area contributed by atoms with Crippen LogP contribution in [0, 0.1) is 0 Å². The summed E-state index contributed by atoms with van der Waals surface area (Å²) in [6, 6.07) is 15.1. The van der Waals surface area contributed by atoms with Crippen molar-refractivity contribution in [3.05, 3.63) is 59.2 Å². The molecule has 1 fully saturated rings. The maximum absolute atomic E-state index is 6.68. The Hall–Kier alpha value is -2.24. The second kappa shape index (κ2) is 17.8. The Morgan fingerprint density at radius 1 is 0.929 bits per heavy atom. The highest BCUT2D eigenvalue weighted by atomic mass is 16.5. The quantitative estimate of drug-likeness (QED) is 0.259. The van der Waals surface area contributed by atoms with Crippen molar-refractivity contribution in [1.82, 2.24) is 5.32 Å². The molecule has 0 aromatic heterocycles. The van der Waals surface area contributed by atoms with Gasteiger partial charge in [0.2, 0.25) is 0 Å². The lowest BCUT2D eigenvalue weighted by Gasteiger charge is -2.39. The molecule has 2 aliphatic heterocycles. The van der Waals surface area contributed by atoms with Gasteiger partial charge in [-0.1, -0.05) is 30.3 Å². The first kappa shape index (κ1) is 32.7. The minimum Gasteiger partial charge on any atom is -0.490 e. The number of hydrogen-bond donors (Lipinski definition) is 1. The molecule has 0 saturated carbocycles. The predicted octanol–water partition coefficient (Wildman–Crippen LogP) is 4.17. The molecule has 0 aliphatic carbocycles. The van der Waals surface area contributed by atoms with Gasteiger partial charge >= 0.3 is 0 Å². The summed E-state index contributed by atoms with van der Waals surface area (Å²) in [6.45, 7) is 12.3. The number of ether oxygens (including phenoxy) is 7. The Kier molecular flexibility index (Phi) is 13.8. The fourth-order valence-corrected chi connectivity index (χ4v) is 5.62. The zero-order chi connectivity index (χ0) is 29.6. The molecular weight excluding hydrogens is 536 g/mol. The van der Waals surface area contributed by atoms with Crippen molar-refractivity contribution >= 4 is 5.69 Å². The number of nitrogens with one attached hydrogen (secondary N) is 1. The monoisotopic (exact) mass is 586 g/mol. The van der Waals surface area contributed by atoms with Gasteiger partial charge in [-0.05, 0) is 49.1 Å². The van der Waals surface area contributed by atoms with E-state index in [1.807, 2.05) is 6.92 Å². The Bertz CT molecular complexity index is 1040. The molecule has 9 heteroatoms. The molecule has 1 saturated heterocycles. The Morgan fingerprint density at radius 3 is 2.45 bits per heavy atom. The Balaban J connectivity index is 1.46. The highest BCUT2D eigenvalue weighted by Crippen LogP contribution is 2.34. The summed E-state index contributed by atoms with van der Waals surface area (Å²) in [5, 5.41) is 3.55. The van der Waals surface area contributed by atoms with Gasteiger partial charge in [-0.15, -0.1) is 0 Å². The maximum atomic E-state index is 6.68. The van der Waals surface area contributed by atoms with Crippen LogP contribution in [0.25, 0.3) is 0 Å². The first-order valence-electron chi connectivity index (χ1n) is 15.3. The standard InChI is InChI=1S/C33H50N2O7/c1-5-39-25(2)22-41-31-20-34-21-32(33(31)28-10-7-26(8-11-28)23-38-18-17-37-4)42-24-27-9-12-30-29(19-27)35(14-16-40-30)13-6-15-36-3/h7-12,19,25,31-34H,5-6,13-18,20-24H2,1-4H3/t25-,31-,32+,33+/m1/s1. The lowest BCUT2D eigenvalue weighted by molar-refractivity contribution is -0.0844. The molecule has 0 radical (unpaired) electrons. The van der Waals surface area contributed by atoms with Crippen molar-refractivity contribution in [2.45, 2.75) is 57.7 Å². The minimum absolute atomic E-state index is 0.0353. The fraction of sp³-hybridized carbons (Fsp3) is 0.636. The van der Waals surface area contributed by atoms with E-state index >= 15 is 0 Å². The second-order valence-electron chi connectivity index (χ2n) is 10.9. The van der Waals surface area contributed by atoms with Crippen LogP contribution in [0.4, 0.5) is 5.69 Å². The van der Waals surface area contributed by atoms with Crippen LogP contribution in [0.15, 0.2) is 42.5 Å². The molecule has 0 unspecified atom stereocenters. The van der Waals surface area contributed by atoms with E-state index in [-0.39, 0.29) is 24.2 Å². The summed E-state index contributed by atoms with van der Waals surface area (Å²) in [7, 11) is 3.43. The number of anilines is 1. The van der Waals surface area contributed by atoms with E-state index in [0.717, 1.165) is 61.8 Å². The third-order valence-electron chi connectivity index (χ3n) is 7.78. The lowest BCUT2D eigenvalue weighted by Crippen LogP contribution is -2.51. The fourth-order valence-electron chi connectivity index (χ4n) is 5.62. The first-order chi connectivity index (χ1) is 20.6. The molecule has 42 heavy (non-hydrogen) atoms.